The fourth-order valence-electron chi connectivity index (χ4n) is 9.81. The van der Waals surface area contributed by atoms with Crippen LogP contribution in [0.25, 0.3) is 0 Å². The molecule has 4 saturated carbocycles. The molecule has 10 atom stereocenters. The summed E-state index contributed by atoms with van der Waals surface area (Å²) in [4.78, 5) is 23.1. The molecule has 6 heteroatoms. The lowest BCUT2D eigenvalue weighted by molar-refractivity contribution is -0.543. The van der Waals surface area contributed by atoms with Crippen molar-refractivity contribution in [3.8, 4) is 0 Å². The number of alkyl halides is 1. The van der Waals surface area contributed by atoms with Crippen LogP contribution >= 0.6 is 11.6 Å². The van der Waals surface area contributed by atoms with Crippen molar-refractivity contribution >= 4 is 17.6 Å². The highest BCUT2D eigenvalue weighted by molar-refractivity contribution is 6.25. The molecule has 4 aliphatic rings. The molecule has 35 heavy (non-hydrogen) atoms. The minimum atomic E-state index is -0.952. The summed E-state index contributed by atoms with van der Waals surface area (Å²) in [5, 5.41) is 12.5. The molecular formula is C29H48ClNO4. The van der Waals surface area contributed by atoms with Gasteiger partial charge in [0, 0.05) is 24.7 Å². The molecule has 0 saturated heterocycles. The molecular weight excluding hydrogens is 462 g/mol. The van der Waals surface area contributed by atoms with Gasteiger partial charge < -0.3 is 4.74 Å². The number of hydrogen-bond donors (Lipinski definition) is 0. The molecule has 4 fully saturated rings. The van der Waals surface area contributed by atoms with Gasteiger partial charge in [0.25, 0.3) is 0 Å². The number of esters is 1. The van der Waals surface area contributed by atoms with Crippen LogP contribution in [0.15, 0.2) is 0 Å². The third kappa shape index (κ3) is 4.55. The molecule has 4 aliphatic carbocycles. The van der Waals surface area contributed by atoms with Crippen LogP contribution in [0.1, 0.15) is 112 Å². The van der Waals surface area contributed by atoms with Crippen molar-refractivity contribution in [3.05, 3.63) is 10.1 Å². The van der Waals surface area contributed by atoms with E-state index in [0.717, 1.165) is 37.0 Å². The van der Waals surface area contributed by atoms with E-state index in [4.69, 9.17) is 16.3 Å². The van der Waals surface area contributed by atoms with Crippen molar-refractivity contribution in [2.75, 3.05) is 0 Å². The van der Waals surface area contributed by atoms with Gasteiger partial charge in [0.05, 0.1) is 0 Å². The van der Waals surface area contributed by atoms with Crippen LogP contribution < -0.4 is 0 Å². The van der Waals surface area contributed by atoms with E-state index in [1.165, 1.54) is 45.4 Å². The molecule has 0 amide bonds. The average Bonchev–Trinajstić information content (AvgIpc) is 3.10. The minimum absolute atomic E-state index is 0.0927. The first-order valence-electron chi connectivity index (χ1n) is 14.3. The Hall–Kier alpha value is -0.840. The summed E-state index contributed by atoms with van der Waals surface area (Å²) in [5.74, 6) is 3.24. The van der Waals surface area contributed by atoms with Crippen molar-refractivity contribution in [1.29, 1.82) is 0 Å². The zero-order chi connectivity index (χ0) is 25.8. The summed E-state index contributed by atoms with van der Waals surface area (Å²) in [6, 6.07) is -0.779. The van der Waals surface area contributed by atoms with Gasteiger partial charge in [-0.1, -0.05) is 53.9 Å². The predicted molar refractivity (Wildman–Crippen MR) is 140 cm³/mol. The smallest absolute Gasteiger partial charge is 0.302 e. The quantitative estimate of drug-likeness (QED) is 0.153. The van der Waals surface area contributed by atoms with Gasteiger partial charge in [-0.3, -0.25) is 14.9 Å². The van der Waals surface area contributed by atoms with Gasteiger partial charge in [-0.2, -0.15) is 0 Å². The second-order valence-corrected chi connectivity index (χ2v) is 14.4. The first-order chi connectivity index (χ1) is 16.3. The Morgan fingerprint density at radius 2 is 1.80 bits per heavy atom. The van der Waals surface area contributed by atoms with Crippen LogP contribution in [-0.2, 0) is 9.53 Å². The summed E-state index contributed by atoms with van der Waals surface area (Å²) in [7, 11) is 0. The second kappa shape index (κ2) is 9.80. The summed E-state index contributed by atoms with van der Waals surface area (Å²) >= 11 is 7.38. The Morgan fingerprint density at radius 3 is 2.43 bits per heavy atom. The van der Waals surface area contributed by atoms with Crippen molar-refractivity contribution in [1.82, 2.24) is 0 Å². The van der Waals surface area contributed by atoms with Crippen molar-refractivity contribution in [2.45, 2.75) is 129 Å². The molecule has 0 heterocycles. The van der Waals surface area contributed by atoms with Gasteiger partial charge >= 0.3 is 5.97 Å². The Bertz CT molecular complexity index is 819. The summed E-state index contributed by atoms with van der Waals surface area (Å²) in [6.07, 6.45) is 11.0. The third-order valence-electron chi connectivity index (χ3n) is 11.5. The zero-order valence-electron chi connectivity index (χ0n) is 22.9. The maximum atomic E-state index is 12.5. The molecule has 0 aromatic heterocycles. The normalized spacial score (nSPS) is 45.8. The number of nitro groups is 1. The van der Waals surface area contributed by atoms with E-state index in [0.29, 0.717) is 30.6 Å². The Morgan fingerprint density at radius 1 is 1.09 bits per heavy atom. The molecule has 4 rings (SSSR count). The molecule has 0 aromatic carbocycles. The van der Waals surface area contributed by atoms with Crippen molar-refractivity contribution in [3.63, 3.8) is 0 Å². The Balaban J connectivity index is 1.58. The van der Waals surface area contributed by atoms with E-state index < -0.39 is 10.9 Å². The molecule has 0 aliphatic heterocycles. The molecule has 0 unspecified atom stereocenters. The highest BCUT2D eigenvalue weighted by atomic mass is 35.5. The predicted octanol–water partition coefficient (Wildman–Crippen LogP) is 7.66. The van der Waals surface area contributed by atoms with E-state index >= 15 is 0 Å². The topological polar surface area (TPSA) is 69.4 Å². The van der Waals surface area contributed by atoms with Gasteiger partial charge in [0.1, 0.15) is 11.0 Å². The molecule has 5 nitrogen and oxygen atoms in total. The lowest BCUT2D eigenvalue weighted by atomic mass is 9.43. The van der Waals surface area contributed by atoms with Gasteiger partial charge in [0.2, 0.25) is 6.04 Å². The summed E-state index contributed by atoms with van der Waals surface area (Å²) in [5.41, 5.74) is -0.00860. The molecule has 0 N–H and O–H groups in total. The van der Waals surface area contributed by atoms with E-state index in [9.17, 15) is 14.9 Å². The maximum Gasteiger partial charge on any atom is 0.302 e. The minimum Gasteiger partial charge on any atom is -0.462 e. The summed E-state index contributed by atoms with van der Waals surface area (Å²) in [6.45, 7) is 13.3. The van der Waals surface area contributed by atoms with Crippen LogP contribution in [0, 0.1) is 56.5 Å². The highest BCUT2D eigenvalue weighted by Crippen LogP contribution is 2.70. The number of ether oxygens (including phenoxy) is 1. The zero-order valence-corrected chi connectivity index (χ0v) is 23.6. The highest BCUT2D eigenvalue weighted by Gasteiger charge is 2.71. The van der Waals surface area contributed by atoms with Gasteiger partial charge in [-0.15, -0.1) is 11.6 Å². The van der Waals surface area contributed by atoms with E-state index in [1.807, 2.05) is 0 Å². The summed E-state index contributed by atoms with van der Waals surface area (Å²) < 4.78 is 5.54. The van der Waals surface area contributed by atoms with Crippen molar-refractivity contribution < 1.29 is 14.5 Å². The van der Waals surface area contributed by atoms with Crippen LogP contribution in [0.5, 0.6) is 0 Å². The van der Waals surface area contributed by atoms with E-state index in [-0.39, 0.29) is 27.8 Å². The fraction of sp³-hybridized carbons (Fsp3) is 0.966. The Labute approximate surface area is 217 Å². The molecule has 0 aromatic rings. The average molecular weight is 510 g/mol. The number of carbonyl (C=O) groups is 1. The third-order valence-corrected chi connectivity index (χ3v) is 12.4. The van der Waals surface area contributed by atoms with E-state index in [1.54, 1.807) is 0 Å². The van der Waals surface area contributed by atoms with Crippen LogP contribution in [-0.4, -0.2) is 27.9 Å². The van der Waals surface area contributed by atoms with Gasteiger partial charge in [-0.05, 0) is 84.9 Å². The fourth-order valence-corrected chi connectivity index (χ4v) is 10.4. The number of halogens is 1. The van der Waals surface area contributed by atoms with Crippen LogP contribution in [0.3, 0.4) is 0 Å². The SMILES string of the molecule is CC(=O)O[C@H]1CC[C@]2(C)[C@H]3CC[C@]4(C)[C@@H]([C@H](C)CCCC(C)C)CC[C@H]4[C@@H]3C[C@H]([N+](=O)[O-])[C@@]2(Cl)C1. The van der Waals surface area contributed by atoms with Crippen LogP contribution in [0.2, 0.25) is 0 Å². The molecule has 0 radical (unpaired) electrons. The maximum absolute atomic E-state index is 12.5. The Kier molecular flexibility index (Phi) is 7.62. The van der Waals surface area contributed by atoms with Gasteiger partial charge in [0.15, 0.2) is 0 Å². The van der Waals surface area contributed by atoms with Gasteiger partial charge in [-0.25, -0.2) is 0 Å². The first kappa shape index (κ1) is 27.2. The lowest BCUT2D eigenvalue weighted by Gasteiger charge is -2.64. The molecule has 0 spiro atoms. The number of hydrogen-bond acceptors (Lipinski definition) is 4. The number of carbonyl (C=O) groups excluding carboxylic acids is 1. The standard InChI is InChI=1S/C29H48ClNO4/c1-18(2)8-7-9-19(3)23-10-11-24-22-16-26(31(33)34)29(30)17-21(35-20(4)32)12-15-28(29,6)25(22)13-14-27(23,24)5/h18-19,21-26H,7-17H2,1-6H3/t19-,21+,22+,23-,24+,25+,26+,27-,28-,29+/m1/s1. The first-order valence-corrected chi connectivity index (χ1v) is 14.7. The van der Waals surface area contributed by atoms with Crippen molar-refractivity contribution in [2.24, 2.45) is 46.3 Å². The molecule has 0 bridgehead atoms. The lowest BCUT2D eigenvalue weighted by Crippen LogP contribution is -2.67. The number of nitrogens with zero attached hydrogens (tertiary/aromatic N) is 1. The monoisotopic (exact) mass is 509 g/mol. The number of fused-ring (bicyclic) bond motifs is 5. The second-order valence-electron chi connectivity index (χ2n) is 13.7. The van der Waals surface area contributed by atoms with E-state index in [2.05, 4.69) is 34.6 Å². The molecule has 200 valence electrons. The number of rotatable bonds is 7. The largest absolute Gasteiger partial charge is 0.462 e. The van der Waals surface area contributed by atoms with Crippen LogP contribution in [0.4, 0.5) is 0 Å².